The molecule has 0 aliphatic rings. The predicted octanol–water partition coefficient (Wildman–Crippen LogP) is 2.49. The molecule has 1 N–H and O–H groups in total. The first-order chi connectivity index (χ1) is 9.33. The van der Waals surface area contributed by atoms with Crippen molar-refractivity contribution in [3.05, 3.63) is 40.3 Å². The average Bonchev–Trinajstić information content (AvgIpc) is 2.87. The zero-order valence-electron chi connectivity index (χ0n) is 11.2. The van der Waals surface area contributed by atoms with Crippen LogP contribution >= 0.6 is 11.3 Å². The first-order valence-corrected chi connectivity index (χ1v) is 7.05. The van der Waals surface area contributed by atoms with Gasteiger partial charge in [0.05, 0.1) is 24.4 Å². The van der Waals surface area contributed by atoms with Crippen LogP contribution in [-0.4, -0.2) is 25.7 Å². The van der Waals surface area contributed by atoms with E-state index in [1.54, 1.807) is 18.4 Å². The zero-order valence-corrected chi connectivity index (χ0v) is 12.0. The second kappa shape index (κ2) is 7.11. The Bertz CT molecular complexity index is 514. The summed E-state index contributed by atoms with van der Waals surface area (Å²) in [7, 11) is 3.57. The van der Waals surface area contributed by atoms with Gasteiger partial charge in [0.15, 0.2) is 11.5 Å². The minimum atomic E-state index is 0.604. The molecule has 2 aromatic rings. The number of aromatic nitrogens is 1. The Labute approximate surface area is 117 Å². The third-order valence-electron chi connectivity index (χ3n) is 2.60. The normalized spacial score (nSPS) is 10.4. The molecular formula is C14H18N2O2S. The Morgan fingerprint density at radius 2 is 2.05 bits per heavy atom. The summed E-state index contributed by atoms with van der Waals surface area (Å²) in [5, 5.41) is 6.27. The van der Waals surface area contributed by atoms with Gasteiger partial charge in [0.25, 0.3) is 0 Å². The number of benzene rings is 1. The molecule has 102 valence electrons. The van der Waals surface area contributed by atoms with Crippen molar-refractivity contribution in [2.45, 2.75) is 13.0 Å². The van der Waals surface area contributed by atoms with Crippen LogP contribution in [0.4, 0.5) is 0 Å². The van der Waals surface area contributed by atoms with Gasteiger partial charge in [-0.1, -0.05) is 12.1 Å². The molecule has 0 aliphatic heterocycles. The van der Waals surface area contributed by atoms with E-state index < -0.39 is 0 Å². The number of rotatable bonds is 7. The van der Waals surface area contributed by atoms with E-state index in [0.717, 1.165) is 35.2 Å². The lowest BCUT2D eigenvalue weighted by Crippen LogP contribution is -2.06. The SMILES string of the molecule is CNCc1csc(CCOc2ccccc2OC)n1. The summed E-state index contributed by atoms with van der Waals surface area (Å²) in [6.45, 7) is 1.41. The summed E-state index contributed by atoms with van der Waals surface area (Å²) in [5.74, 6) is 1.54. The van der Waals surface area contributed by atoms with E-state index >= 15 is 0 Å². The fraction of sp³-hybridized carbons (Fsp3) is 0.357. The van der Waals surface area contributed by atoms with E-state index in [4.69, 9.17) is 9.47 Å². The lowest BCUT2D eigenvalue weighted by Gasteiger charge is -2.09. The molecule has 0 radical (unpaired) electrons. The lowest BCUT2D eigenvalue weighted by atomic mass is 10.3. The average molecular weight is 278 g/mol. The maximum Gasteiger partial charge on any atom is 0.161 e. The molecule has 0 atom stereocenters. The summed E-state index contributed by atoms with van der Waals surface area (Å²) < 4.78 is 11.0. The quantitative estimate of drug-likeness (QED) is 0.845. The standard InChI is InChI=1S/C14H18N2O2S/c1-15-9-11-10-19-14(16-11)7-8-18-13-6-4-3-5-12(13)17-2/h3-6,10,15H,7-9H2,1-2H3. The summed E-state index contributed by atoms with van der Waals surface area (Å²) >= 11 is 1.67. The van der Waals surface area contributed by atoms with Gasteiger partial charge < -0.3 is 14.8 Å². The summed E-state index contributed by atoms with van der Waals surface area (Å²) in [6.07, 6.45) is 0.812. The first-order valence-electron chi connectivity index (χ1n) is 6.17. The molecular weight excluding hydrogens is 260 g/mol. The second-order valence-electron chi connectivity index (χ2n) is 4.01. The smallest absolute Gasteiger partial charge is 0.161 e. The molecule has 0 fully saturated rings. The molecule has 19 heavy (non-hydrogen) atoms. The monoisotopic (exact) mass is 278 g/mol. The van der Waals surface area contributed by atoms with E-state index in [1.807, 2.05) is 31.3 Å². The van der Waals surface area contributed by atoms with Crippen LogP contribution in [0, 0.1) is 0 Å². The fourth-order valence-electron chi connectivity index (χ4n) is 1.71. The van der Waals surface area contributed by atoms with Crippen molar-refractivity contribution in [1.29, 1.82) is 0 Å². The van der Waals surface area contributed by atoms with E-state index in [0.29, 0.717) is 6.61 Å². The highest BCUT2D eigenvalue weighted by molar-refractivity contribution is 7.09. The molecule has 1 heterocycles. The van der Waals surface area contributed by atoms with Crippen LogP contribution in [0.2, 0.25) is 0 Å². The van der Waals surface area contributed by atoms with Gasteiger partial charge in [-0.25, -0.2) is 4.98 Å². The second-order valence-corrected chi connectivity index (χ2v) is 4.95. The van der Waals surface area contributed by atoms with Crippen molar-refractivity contribution in [2.24, 2.45) is 0 Å². The van der Waals surface area contributed by atoms with Gasteiger partial charge in [-0.15, -0.1) is 11.3 Å². The van der Waals surface area contributed by atoms with Crippen LogP contribution in [0.25, 0.3) is 0 Å². The number of methoxy groups -OCH3 is 1. The molecule has 0 spiro atoms. The molecule has 0 aliphatic carbocycles. The Kier molecular flexibility index (Phi) is 5.18. The molecule has 0 amide bonds. The maximum absolute atomic E-state index is 5.73. The fourth-order valence-corrected chi connectivity index (χ4v) is 2.49. The third kappa shape index (κ3) is 3.94. The van der Waals surface area contributed by atoms with Gasteiger partial charge >= 0.3 is 0 Å². The molecule has 0 saturated heterocycles. The van der Waals surface area contributed by atoms with Gasteiger partial charge in [-0.05, 0) is 19.2 Å². The van der Waals surface area contributed by atoms with E-state index in [9.17, 15) is 0 Å². The molecule has 0 unspecified atom stereocenters. The Hall–Kier alpha value is -1.59. The molecule has 4 nitrogen and oxygen atoms in total. The Morgan fingerprint density at radius 1 is 1.26 bits per heavy atom. The molecule has 1 aromatic heterocycles. The van der Waals surface area contributed by atoms with Gasteiger partial charge in [-0.3, -0.25) is 0 Å². The zero-order chi connectivity index (χ0) is 13.5. The van der Waals surface area contributed by atoms with E-state index in [1.165, 1.54) is 0 Å². The molecule has 2 rings (SSSR count). The summed E-state index contributed by atoms with van der Waals surface area (Å²) in [4.78, 5) is 4.52. The van der Waals surface area contributed by atoms with Crippen molar-refractivity contribution in [3.8, 4) is 11.5 Å². The van der Waals surface area contributed by atoms with Crippen molar-refractivity contribution >= 4 is 11.3 Å². The minimum Gasteiger partial charge on any atom is -0.493 e. The largest absolute Gasteiger partial charge is 0.493 e. The third-order valence-corrected chi connectivity index (χ3v) is 3.56. The molecule has 0 bridgehead atoms. The Balaban J connectivity index is 1.85. The van der Waals surface area contributed by atoms with Gasteiger partial charge in [-0.2, -0.15) is 0 Å². The minimum absolute atomic E-state index is 0.604. The number of hydrogen-bond acceptors (Lipinski definition) is 5. The van der Waals surface area contributed by atoms with Crippen molar-refractivity contribution in [2.75, 3.05) is 20.8 Å². The van der Waals surface area contributed by atoms with Crippen LogP contribution in [0.15, 0.2) is 29.6 Å². The van der Waals surface area contributed by atoms with Crippen molar-refractivity contribution in [1.82, 2.24) is 10.3 Å². The number of ether oxygens (including phenoxy) is 2. The Morgan fingerprint density at radius 3 is 2.79 bits per heavy atom. The van der Waals surface area contributed by atoms with Crippen LogP contribution in [-0.2, 0) is 13.0 Å². The number of hydrogen-bond donors (Lipinski definition) is 1. The van der Waals surface area contributed by atoms with Gasteiger partial charge in [0, 0.05) is 18.3 Å². The highest BCUT2D eigenvalue weighted by Gasteiger charge is 2.04. The van der Waals surface area contributed by atoms with Crippen molar-refractivity contribution < 1.29 is 9.47 Å². The van der Waals surface area contributed by atoms with Crippen LogP contribution in [0.5, 0.6) is 11.5 Å². The number of nitrogens with zero attached hydrogens (tertiary/aromatic N) is 1. The highest BCUT2D eigenvalue weighted by Crippen LogP contribution is 2.25. The highest BCUT2D eigenvalue weighted by atomic mass is 32.1. The van der Waals surface area contributed by atoms with E-state index in [2.05, 4.69) is 15.7 Å². The number of nitrogens with one attached hydrogen (secondary N) is 1. The summed E-state index contributed by atoms with van der Waals surface area (Å²) in [5.41, 5.74) is 1.08. The molecule has 0 saturated carbocycles. The van der Waals surface area contributed by atoms with Crippen LogP contribution < -0.4 is 14.8 Å². The van der Waals surface area contributed by atoms with E-state index in [-0.39, 0.29) is 0 Å². The predicted molar refractivity (Wildman–Crippen MR) is 77.1 cm³/mol. The number of para-hydroxylation sites is 2. The maximum atomic E-state index is 5.73. The van der Waals surface area contributed by atoms with Gasteiger partial charge in [0.1, 0.15) is 0 Å². The van der Waals surface area contributed by atoms with Crippen molar-refractivity contribution in [3.63, 3.8) is 0 Å². The first kappa shape index (κ1) is 13.8. The number of thiazole rings is 1. The van der Waals surface area contributed by atoms with Crippen LogP contribution in [0.3, 0.4) is 0 Å². The van der Waals surface area contributed by atoms with Gasteiger partial charge in [0.2, 0.25) is 0 Å². The molecule has 1 aromatic carbocycles. The topological polar surface area (TPSA) is 43.4 Å². The van der Waals surface area contributed by atoms with Crippen LogP contribution in [0.1, 0.15) is 10.7 Å². The summed E-state index contributed by atoms with van der Waals surface area (Å²) in [6, 6.07) is 7.67. The lowest BCUT2D eigenvalue weighted by molar-refractivity contribution is 0.297. The molecule has 5 heteroatoms.